The SMILES string of the molecule is C=CC(=O)OCCOC(=O)Oc1ccc(C(C)=O)cc1. The molecule has 0 aromatic heterocycles. The Balaban J connectivity index is 2.33. The summed E-state index contributed by atoms with van der Waals surface area (Å²) in [5, 5.41) is 0. The molecule has 0 radical (unpaired) electrons. The summed E-state index contributed by atoms with van der Waals surface area (Å²) >= 11 is 0. The second kappa shape index (κ2) is 7.73. The molecule has 0 aliphatic carbocycles. The second-order valence-corrected chi connectivity index (χ2v) is 3.65. The molecule has 0 fully saturated rings. The first-order valence-corrected chi connectivity index (χ1v) is 5.77. The van der Waals surface area contributed by atoms with Crippen LogP contribution in [0.3, 0.4) is 0 Å². The van der Waals surface area contributed by atoms with E-state index in [-0.39, 0.29) is 24.7 Å². The van der Waals surface area contributed by atoms with E-state index in [0.717, 1.165) is 6.08 Å². The third kappa shape index (κ3) is 5.34. The summed E-state index contributed by atoms with van der Waals surface area (Å²) in [6.07, 6.45) is 0.0877. The topological polar surface area (TPSA) is 78.9 Å². The van der Waals surface area contributed by atoms with Gasteiger partial charge in [0.2, 0.25) is 0 Å². The van der Waals surface area contributed by atoms with Gasteiger partial charge in [0, 0.05) is 11.6 Å². The highest BCUT2D eigenvalue weighted by atomic mass is 16.7. The molecule has 0 amide bonds. The second-order valence-electron chi connectivity index (χ2n) is 3.65. The Morgan fingerprint density at radius 2 is 1.70 bits per heavy atom. The van der Waals surface area contributed by atoms with E-state index in [9.17, 15) is 14.4 Å². The molecule has 20 heavy (non-hydrogen) atoms. The van der Waals surface area contributed by atoms with Gasteiger partial charge in [0.05, 0.1) is 0 Å². The van der Waals surface area contributed by atoms with Crippen LogP contribution in [0, 0.1) is 0 Å². The average Bonchev–Trinajstić information content (AvgIpc) is 2.43. The van der Waals surface area contributed by atoms with Crippen molar-refractivity contribution in [3.8, 4) is 5.75 Å². The molecule has 0 N–H and O–H groups in total. The number of rotatable bonds is 6. The third-order valence-corrected chi connectivity index (χ3v) is 2.18. The molecule has 0 saturated heterocycles. The number of carbonyl (C=O) groups is 3. The Morgan fingerprint density at radius 3 is 2.25 bits per heavy atom. The summed E-state index contributed by atoms with van der Waals surface area (Å²) in [4.78, 5) is 33.0. The third-order valence-electron chi connectivity index (χ3n) is 2.18. The smallest absolute Gasteiger partial charge is 0.459 e. The molecule has 106 valence electrons. The van der Waals surface area contributed by atoms with Crippen LogP contribution in [0.15, 0.2) is 36.9 Å². The Hall–Kier alpha value is -2.63. The van der Waals surface area contributed by atoms with Gasteiger partial charge >= 0.3 is 12.1 Å². The summed E-state index contributed by atoms with van der Waals surface area (Å²) in [5.41, 5.74) is 0.516. The van der Waals surface area contributed by atoms with Crippen molar-refractivity contribution >= 4 is 17.9 Å². The highest BCUT2D eigenvalue weighted by Gasteiger charge is 2.07. The van der Waals surface area contributed by atoms with Crippen LogP contribution in [0.1, 0.15) is 17.3 Å². The van der Waals surface area contributed by atoms with E-state index < -0.39 is 12.1 Å². The van der Waals surface area contributed by atoms with E-state index in [1.807, 2.05) is 0 Å². The van der Waals surface area contributed by atoms with Gasteiger partial charge in [-0.15, -0.1) is 0 Å². The van der Waals surface area contributed by atoms with Crippen LogP contribution >= 0.6 is 0 Å². The van der Waals surface area contributed by atoms with Gasteiger partial charge in [-0.2, -0.15) is 0 Å². The quantitative estimate of drug-likeness (QED) is 0.261. The lowest BCUT2D eigenvalue weighted by Gasteiger charge is -2.06. The van der Waals surface area contributed by atoms with E-state index in [1.54, 1.807) is 0 Å². The normalized spacial score (nSPS) is 9.45. The lowest BCUT2D eigenvalue weighted by atomic mass is 10.1. The van der Waals surface area contributed by atoms with Crippen LogP contribution in [0.4, 0.5) is 4.79 Å². The summed E-state index contributed by atoms with van der Waals surface area (Å²) in [6.45, 7) is 4.46. The van der Waals surface area contributed by atoms with Crippen LogP contribution < -0.4 is 4.74 Å². The molecule has 0 bridgehead atoms. The number of benzene rings is 1. The zero-order chi connectivity index (χ0) is 15.0. The predicted molar refractivity (Wildman–Crippen MR) is 69.6 cm³/mol. The van der Waals surface area contributed by atoms with Crippen molar-refractivity contribution in [2.75, 3.05) is 13.2 Å². The maximum absolute atomic E-state index is 11.3. The monoisotopic (exact) mass is 278 g/mol. The number of carbonyl (C=O) groups excluding carboxylic acids is 3. The van der Waals surface area contributed by atoms with Crippen molar-refractivity contribution in [3.05, 3.63) is 42.5 Å². The Labute approximate surface area is 115 Å². The molecule has 1 rings (SSSR count). The maximum atomic E-state index is 11.3. The van der Waals surface area contributed by atoms with Crippen molar-refractivity contribution in [2.24, 2.45) is 0 Å². The zero-order valence-electron chi connectivity index (χ0n) is 11.0. The van der Waals surface area contributed by atoms with E-state index in [4.69, 9.17) is 4.74 Å². The number of Topliss-reactive ketones (excluding diaryl/α,β-unsaturated/α-hetero) is 1. The molecule has 0 unspecified atom stereocenters. The zero-order valence-corrected chi connectivity index (χ0v) is 11.0. The summed E-state index contributed by atoms with van der Waals surface area (Å²) < 4.78 is 14.1. The first kappa shape index (κ1) is 15.4. The molecular formula is C14H14O6. The number of hydrogen-bond donors (Lipinski definition) is 0. The molecule has 0 saturated carbocycles. The number of ether oxygens (including phenoxy) is 3. The van der Waals surface area contributed by atoms with Gasteiger partial charge < -0.3 is 14.2 Å². The lowest BCUT2D eigenvalue weighted by Crippen LogP contribution is -2.15. The minimum absolute atomic E-state index is 0.0801. The van der Waals surface area contributed by atoms with E-state index >= 15 is 0 Å². The molecular weight excluding hydrogens is 264 g/mol. The van der Waals surface area contributed by atoms with Crippen LogP contribution in [-0.2, 0) is 14.3 Å². The lowest BCUT2D eigenvalue weighted by molar-refractivity contribution is -0.138. The fraction of sp³-hybridized carbons (Fsp3) is 0.214. The highest BCUT2D eigenvalue weighted by Crippen LogP contribution is 2.13. The van der Waals surface area contributed by atoms with E-state index in [2.05, 4.69) is 16.1 Å². The number of ketones is 1. The predicted octanol–water partition coefficient (Wildman–Crippen LogP) is 2.13. The van der Waals surface area contributed by atoms with Gasteiger partial charge in [-0.1, -0.05) is 6.58 Å². The van der Waals surface area contributed by atoms with Gasteiger partial charge in [-0.3, -0.25) is 4.79 Å². The van der Waals surface area contributed by atoms with Crippen LogP contribution in [0.5, 0.6) is 5.75 Å². The summed E-state index contributed by atoms with van der Waals surface area (Å²) in [6, 6.07) is 6.04. The van der Waals surface area contributed by atoms with Crippen molar-refractivity contribution < 1.29 is 28.6 Å². The minimum Gasteiger partial charge on any atom is -0.459 e. The molecule has 0 aliphatic rings. The van der Waals surface area contributed by atoms with E-state index in [0.29, 0.717) is 5.56 Å². The maximum Gasteiger partial charge on any atom is 0.513 e. The largest absolute Gasteiger partial charge is 0.513 e. The van der Waals surface area contributed by atoms with Gasteiger partial charge in [0.25, 0.3) is 0 Å². The molecule has 0 heterocycles. The number of esters is 1. The molecule has 0 aliphatic heterocycles. The standard InChI is InChI=1S/C14H14O6/c1-3-13(16)18-8-9-19-14(17)20-12-6-4-11(5-7-12)10(2)15/h3-7H,1,8-9H2,2H3. The first-order valence-electron chi connectivity index (χ1n) is 5.77. The van der Waals surface area contributed by atoms with Crippen LogP contribution in [0.2, 0.25) is 0 Å². The van der Waals surface area contributed by atoms with Crippen LogP contribution in [-0.4, -0.2) is 31.1 Å². The fourth-order valence-electron chi connectivity index (χ4n) is 1.21. The van der Waals surface area contributed by atoms with Crippen molar-refractivity contribution in [1.29, 1.82) is 0 Å². The molecule has 0 atom stereocenters. The fourth-order valence-corrected chi connectivity index (χ4v) is 1.21. The van der Waals surface area contributed by atoms with Crippen molar-refractivity contribution in [1.82, 2.24) is 0 Å². The van der Waals surface area contributed by atoms with Crippen LogP contribution in [0.25, 0.3) is 0 Å². The molecule has 6 nitrogen and oxygen atoms in total. The Bertz CT molecular complexity index is 503. The molecule has 1 aromatic carbocycles. The van der Waals surface area contributed by atoms with Crippen molar-refractivity contribution in [2.45, 2.75) is 6.92 Å². The Morgan fingerprint density at radius 1 is 1.10 bits per heavy atom. The van der Waals surface area contributed by atoms with Gasteiger partial charge in [0.1, 0.15) is 19.0 Å². The van der Waals surface area contributed by atoms with Gasteiger partial charge in [-0.05, 0) is 31.2 Å². The minimum atomic E-state index is -0.921. The summed E-state index contributed by atoms with van der Waals surface area (Å²) in [5.74, 6) is -0.423. The summed E-state index contributed by atoms with van der Waals surface area (Å²) in [7, 11) is 0. The number of hydrogen-bond acceptors (Lipinski definition) is 6. The molecule has 0 spiro atoms. The Kier molecular flexibility index (Phi) is 5.96. The molecule has 6 heteroatoms. The highest BCUT2D eigenvalue weighted by molar-refractivity contribution is 5.94. The van der Waals surface area contributed by atoms with E-state index in [1.165, 1.54) is 31.2 Å². The first-order chi connectivity index (χ1) is 9.52. The van der Waals surface area contributed by atoms with Crippen molar-refractivity contribution in [3.63, 3.8) is 0 Å². The molecule has 1 aromatic rings. The van der Waals surface area contributed by atoms with Gasteiger partial charge in [0.15, 0.2) is 5.78 Å². The van der Waals surface area contributed by atoms with Gasteiger partial charge in [-0.25, -0.2) is 9.59 Å². The average molecular weight is 278 g/mol.